The van der Waals surface area contributed by atoms with Gasteiger partial charge in [0.25, 0.3) is 11.7 Å². The number of aryl methyl sites for hydroxylation is 1. The zero-order valence-electron chi connectivity index (χ0n) is 16.1. The zero-order valence-corrected chi connectivity index (χ0v) is 17.7. The minimum absolute atomic E-state index is 0.273. The number of Topliss-reactive ketones (excluding diaryl/α,β-unsaturated/α-hetero) is 1. The lowest BCUT2D eigenvalue weighted by Crippen LogP contribution is -2.45. The lowest BCUT2D eigenvalue weighted by molar-refractivity contribution is -0.120. The molecule has 0 spiro atoms. The maximum absolute atomic E-state index is 12.7. The summed E-state index contributed by atoms with van der Waals surface area (Å²) in [5.41, 5.74) is 2.27. The van der Waals surface area contributed by atoms with Gasteiger partial charge in [0.1, 0.15) is 6.04 Å². The summed E-state index contributed by atoms with van der Waals surface area (Å²) in [7, 11) is 0. The van der Waals surface area contributed by atoms with Gasteiger partial charge >= 0.3 is 5.97 Å². The van der Waals surface area contributed by atoms with E-state index < -0.39 is 29.6 Å². The van der Waals surface area contributed by atoms with E-state index in [1.165, 1.54) is 4.90 Å². The second-order valence-electron chi connectivity index (χ2n) is 6.59. The molecule has 1 heterocycles. The molecule has 2 aromatic rings. The van der Waals surface area contributed by atoms with Crippen LogP contribution in [0.25, 0.3) is 0 Å². The van der Waals surface area contributed by atoms with Gasteiger partial charge in [-0.05, 0) is 62.7 Å². The van der Waals surface area contributed by atoms with Crippen LogP contribution in [0.4, 0.5) is 11.4 Å². The van der Waals surface area contributed by atoms with Gasteiger partial charge in [-0.15, -0.1) is 0 Å². The second-order valence-corrected chi connectivity index (χ2v) is 7.50. The van der Waals surface area contributed by atoms with Gasteiger partial charge < -0.3 is 10.1 Å². The monoisotopic (exact) mass is 458 g/mol. The first-order chi connectivity index (χ1) is 13.7. The summed E-state index contributed by atoms with van der Waals surface area (Å²) in [5.74, 6) is -2.27. The van der Waals surface area contributed by atoms with E-state index in [-0.39, 0.29) is 12.2 Å². The number of carbonyl (C=O) groups excluding carboxylic acids is 4. The molecule has 0 saturated carbocycles. The number of benzene rings is 2. The summed E-state index contributed by atoms with van der Waals surface area (Å²) in [5, 5.41) is 2.71. The molecular weight excluding hydrogens is 440 g/mol. The van der Waals surface area contributed by atoms with Crippen molar-refractivity contribution in [1.29, 1.82) is 0 Å². The van der Waals surface area contributed by atoms with E-state index in [1.54, 1.807) is 57.2 Å². The fraction of sp³-hybridized carbons (Fsp3) is 0.238. The van der Waals surface area contributed by atoms with Gasteiger partial charge in [0, 0.05) is 10.2 Å². The van der Waals surface area contributed by atoms with Gasteiger partial charge in [0.05, 0.1) is 23.4 Å². The molecule has 0 aromatic heterocycles. The summed E-state index contributed by atoms with van der Waals surface area (Å²) in [4.78, 5) is 50.6. The van der Waals surface area contributed by atoms with Crippen molar-refractivity contribution >= 4 is 50.9 Å². The maximum Gasteiger partial charge on any atom is 0.338 e. The van der Waals surface area contributed by atoms with Crippen molar-refractivity contribution in [2.24, 2.45) is 0 Å². The van der Waals surface area contributed by atoms with Crippen molar-refractivity contribution in [3.05, 3.63) is 57.6 Å². The first kappa shape index (κ1) is 20.7. The minimum atomic E-state index is -0.905. The van der Waals surface area contributed by atoms with E-state index in [4.69, 9.17) is 4.74 Å². The Morgan fingerprint density at radius 1 is 1.17 bits per heavy atom. The van der Waals surface area contributed by atoms with Crippen LogP contribution in [0.15, 0.2) is 40.9 Å². The van der Waals surface area contributed by atoms with E-state index in [9.17, 15) is 19.2 Å². The van der Waals surface area contributed by atoms with Crippen LogP contribution < -0.4 is 10.2 Å². The highest BCUT2D eigenvalue weighted by Gasteiger charge is 2.41. The maximum atomic E-state index is 12.7. The van der Waals surface area contributed by atoms with Gasteiger partial charge in [0.15, 0.2) is 0 Å². The Hall–Kier alpha value is -3.00. The smallest absolute Gasteiger partial charge is 0.338 e. The Kier molecular flexibility index (Phi) is 5.83. The molecule has 0 bridgehead atoms. The number of anilines is 2. The number of hydrogen-bond acceptors (Lipinski definition) is 5. The molecule has 0 saturated heterocycles. The summed E-state index contributed by atoms with van der Waals surface area (Å²) in [6.07, 6.45) is 0. The number of amides is 2. The van der Waals surface area contributed by atoms with E-state index in [0.717, 1.165) is 0 Å². The molecule has 3 rings (SSSR count). The van der Waals surface area contributed by atoms with E-state index in [2.05, 4.69) is 21.2 Å². The first-order valence-electron chi connectivity index (χ1n) is 9.00. The third-order valence-electron chi connectivity index (χ3n) is 4.59. The number of halogens is 1. The molecule has 0 radical (unpaired) electrons. The van der Waals surface area contributed by atoms with Crippen molar-refractivity contribution in [3.8, 4) is 0 Å². The number of rotatable bonds is 5. The van der Waals surface area contributed by atoms with Gasteiger partial charge in [-0.2, -0.15) is 0 Å². The number of nitrogens with one attached hydrogen (secondary N) is 1. The molecule has 29 heavy (non-hydrogen) atoms. The molecule has 0 fully saturated rings. The third kappa shape index (κ3) is 3.93. The van der Waals surface area contributed by atoms with Crippen LogP contribution in [-0.4, -0.2) is 36.2 Å². The Balaban J connectivity index is 1.80. The molecule has 0 aliphatic carbocycles. The Morgan fingerprint density at radius 3 is 2.45 bits per heavy atom. The summed E-state index contributed by atoms with van der Waals surface area (Å²) >= 11 is 3.32. The molecule has 7 nitrogen and oxygen atoms in total. The molecule has 8 heteroatoms. The molecule has 1 aliphatic heterocycles. The molecule has 1 unspecified atom stereocenters. The van der Waals surface area contributed by atoms with Gasteiger partial charge in [-0.1, -0.05) is 15.9 Å². The Labute approximate surface area is 176 Å². The zero-order chi connectivity index (χ0) is 21.3. The van der Waals surface area contributed by atoms with Crippen molar-refractivity contribution in [2.75, 3.05) is 16.8 Å². The first-order valence-corrected chi connectivity index (χ1v) is 9.80. The minimum Gasteiger partial charge on any atom is -0.462 e. The van der Waals surface area contributed by atoms with Crippen LogP contribution in [0, 0.1) is 6.92 Å². The van der Waals surface area contributed by atoms with Gasteiger partial charge in [-0.3, -0.25) is 19.3 Å². The number of nitrogens with zero attached hydrogens (tertiary/aromatic N) is 1. The van der Waals surface area contributed by atoms with Gasteiger partial charge in [0.2, 0.25) is 5.91 Å². The standard InChI is InChI=1S/C21H19BrN2O5/c1-4-29-21(28)13-5-7-15(8-6-13)23-19(26)12(3)24-17-11(2)9-14(22)10-16(17)18(25)20(24)27/h5-10,12H,4H2,1-3H3,(H,23,26). The Morgan fingerprint density at radius 2 is 1.83 bits per heavy atom. The highest BCUT2D eigenvalue weighted by molar-refractivity contribution is 9.10. The molecule has 2 amide bonds. The summed E-state index contributed by atoms with van der Waals surface area (Å²) in [6.45, 7) is 5.33. The fourth-order valence-corrected chi connectivity index (χ4v) is 3.76. The van der Waals surface area contributed by atoms with Crippen LogP contribution in [0.3, 0.4) is 0 Å². The number of esters is 1. The topological polar surface area (TPSA) is 92.8 Å². The number of fused-ring (bicyclic) bond motifs is 1. The van der Waals surface area contributed by atoms with Crippen molar-refractivity contribution < 1.29 is 23.9 Å². The average molecular weight is 459 g/mol. The van der Waals surface area contributed by atoms with Crippen LogP contribution in [0.2, 0.25) is 0 Å². The fourth-order valence-electron chi connectivity index (χ4n) is 3.19. The lowest BCUT2D eigenvalue weighted by atomic mass is 10.1. The van der Waals surface area contributed by atoms with Crippen LogP contribution >= 0.6 is 15.9 Å². The predicted molar refractivity (Wildman–Crippen MR) is 111 cm³/mol. The van der Waals surface area contributed by atoms with Crippen LogP contribution in [0.5, 0.6) is 0 Å². The summed E-state index contributed by atoms with van der Waals surface area (Å²) < 4.78 is 5.61. The quantitative estimate of drug-likeness (QED) is 0.546. The second kappa shape index (κ2) is 8.16. The van der Waals surface area contributed by atoms with Gasteiger partial charge in [-0.25, -0.2) is 4.79 Å². The number of ether oxygens (including phenoxy) is 1. The predicted octanol–water partition coefficient (Wildman–Crippen LogP) is 3.49. The highest BCUT2D eigenvalue weighted by Crippen LogP contribution is 2.36. The normalized spacial score (nSPS) is 13.9. The van der Waals surface area contributed by atoms with E-state index >= 15 is 0 Å². The van der Waals surface area contributed by atoms with Crippen molar-refractivity contribution in [2.45, 2.75) is 26.8 Å². The number of ketones is 1. The van der Waals surface area contributed by atoms with E-state index in [0.29, 0.717) is 27.0 Å². The molecule has 1 atom stereocenters. The molecule has 150 valence electrons. The highest BCUT2D eigenvalue weighted by atomic mass is 79.9. The number of carbonyl (C=O) groups is 4. The Bertz CT molecular complexity index is 1020. The van der Waals surface area contributed by atoms with Crippen LogP contribution in [-0.2, 0) is 14.3 Å². The SMILES string of the molecule is CCOC(=O)c1ccc(NC(=O)C(C)N2C(=O)C(=O)c3cc(Br)cc(C)c32)cc1. The van der Waals surface area contributed by atoms with E-state index in [1.807, 2.05) is 0 Å². The number of hydrogen-bond donors (Lipinski definition) is 1. The summed E-state index contributed by atoms with van der Waals surface area (Å²) in [6, 6.07) is 8.70. The van der Waals surface area contributed by atoms with Crippen LogP contribution in [0.1, 0.15) is 40.1 Å². The largest absolute Gasteiger partial charge is 0.462 e. The lowest BCUT2D eigenvalue weighted by Gasteiger charge is -2.25. The third-order valence-corrected chi connectivity index (χ3v) is 5.05. The van der Waals surface area contributed by atoms with Crippen molar-refractivity contribution in [3.63, 3.8) is 0 Å². The molecule has 1 N–H and O–H groups in total. The van der Waals surface area contributed by atoms with Crippen molar-refractivity contribution in [1.82, 2.24) is 0 Å². The molecule has 1 aliphatic rings. The molecular formula is C21H19BrN2O5. The molecule has 2 aromatic carbocycles. The average Bonchev–Trinajstić information content (AvgIpc) is 2.93.